The molecule has 3 N–H and O–H groups in total. The molecule has 0 radical (unpaired) electrons. The van der Waals surface area contributed by atoms with Crippen LogP contribution >= 0.6 is 15.9 Å². The molecular formula is C25H23BrN4O5. The van der Waals surface area contributed by atoms with E-state index in [9.17, 15) is 19.2 Å². The van der Waals surface area contributed by atoms with Crippen molar-refractivity contribution in [3.05, 3.63) is 64.3 Å². The van der Waals surface area contributed by atoms with Gasteiger partial charge in [0.25, 0.3) is 0 Å². The number of nitrogens with one attached hydrogen (secondary N) is 1. The number of primary amides is 1. The number of fused-ring (bicyclic) bond motifs is 2. The maximum Gasteiger partial charge on any atom is 0.337 e. The van der Waals surface area contributed by atoms with Crippen molar-refractivity contribution in [3.63, 3.8) is 0 Å². The summed E-state index contributed by atoms with van der Waals surface area (Å²) in [5.74, 6) is -0.283. The predicted octanol–water partition coefficient (Wildman–Crippen LogP) is 3.92. The lowest BCUT2D eigenvalue weighted by molar-refractivity contribution is -0.122. The second kappa shape index (κ2) is 8.84. The van der Waals surface area contributed by atoms with Gasteiger partial charge in [-0.15, -0.1) is 0 Å². The second-order valence-electron chi connectivity index (χ2n) is 8.90. The molecule has 1 aliphatic heterocycles. The zero-order chi connectivity index (χ0) is 24.9. The highest BCUT2D eigenvalue weighted by Crippen LogP contribution is 2.48. The first-order valence-corrected chi connectivity index (χ1v) is 12.0. The number of hydrogen-bond donors (Lipinski definition) is 2. The number of halogens is 1. The van der Waals surface area contributed by atoms with Gasteiger partial charge in [-0.05, 0) is 48.6 Å². The Morgan fingerprint density at radius 1 is 1.14 bits per heavy atom. The molecular weight excluding hydrogens is 516 g/mol. The fourth-order valence-corrected chi connectivity index (χ4v) is 5.52. The smallest absolute Gasteiger partial charge is 0.337 e. The van der Waals surface area contributed by atoms with E-state index in [1.165, 1.54) is 17.9 Å². The van der Waals surface area contributed by atoms with E-state index in [2.05, 4.69) is 21.2 Å². The van der Waals surface area contributed by atoms with Crippen molar-refractivity contribution in [2.75, 3.05) is 12.4 Å². The molecule has 1 aromatic heterocycles. The molecule has 10 heteroatoms. The summed E-state index contributed by atoms with van der Waals surface area (Å²) in [6.07, 6.45) is 3.05. The fourth-order valence-electron chi connectivity index (χ4n) is 4.98. The number of Topliss-reactive ketones (excluding diaryl/α,β-unsaturated/α-hetero) is 1. The van der Waals surface area contributed by atoms with Crippen molar-refractivity contribution >= 4 is 56.3 Å². The number of esters is 1. The zero-order valence-corrected chi connectivity index (χ0v) is 20.4. The molecule has 0 unspecified atom stereocenters. The number of methoxy groups -OCH3 is 1. The van der Waals surface area contributed by atoms with Crippen molar-refractivity contribution in [3.8, 4) is 0 Å². The molecule has 1 saturated carbocycles. The lowest BCUT2D eigenvalue weighted by atomic mass is 9.99. The summed E-state index contributed by atoms with van der Waals surface area (Å²) >= 11 is 3.38. The van der Waals surface area contributed by atoms with Crippen LogP contribution < -0.4 is 11.1 Å². The zero-order valence-electron chi connectivity index (χ0n) is 18.9. The maximum absolute atomic E-state index is 13.3. The molecule has 1 saturated heterocycles. The van der Waals surface area contributed by atoms with Crippen LogP contribution in [-0.4, -0.2) is 52.5 Å². The number of amides is 3. The van der Waals surface area contributed by atoms with Crippen LogP contribution in [0.15, 0.2) is 53.1 Å². The minimum Gasteiger partial charge on any atom is -0.465 e. The summed E-state index contributed by atoms with van der Waals surface area (Å²) in [4.78, 5) is 52.1. The lowest BCUT2D eigenvalue weighted by Gasteiger charge is -2.27. The van der Waals surface area contributed by atoms with Gasteiger partial charge in [0.2, 0.25) is 0 Å². The average Bonchev–Trinajstić information content (AvgIpc) is 3.33. The molecule has 3 amide bonds. The van der Waals surface area contributed by atoms with Gasteiger partial charge in [-0.3, -0.25) is 9.36 Å². The van der Waals surface area contributed by atoms with Crippen molar-refractivity contribution in [2.45, 2.75) is 31.3 Å². The first kappa shape index (κ1) is 23.1. The van der Waals surface area contributed by atoms with Crippen molar-refractivity contribution in [1.82, 2.24) is 9.47 Å². The maximum atomic E-state index is 13.3. The molecule has 9 nitrogen and oxygen atoms in total. The highest BCUT2D eigenvalue weighted by molar-refractivity contribution is 9.10. The average molecular weight is 539 g/mol. The lowest BCUT2D eigenvalue weighted by Crippen LogP contribution is -2.45. The van der Waals surface area contributed by atoms with Crippen LogP contribution in [0.3, 0.4) is 0 Å². The Balaban J connectivity index is 1.36. The number of carbonyl (C=O) groups excluding carboxylic acids is 4. The third-order valence-corrected chi connectivity index (χ3v) is 7.12. The molecule has 0 bridgehead atoms. The fraction of sp³-hybridized carbons (Fsp3) is 0.280. The van der Waals surface area contributed by atoms with Crippen LogP contribution in [0.25, 0.3) is 10.9 Å². The minimum absolute atomic E-state index is 0.0154. The van der Waals surface area contributed by atoms with Crippen LogP contribution in [-0.2, 0) is 16.0 Å². The highest BCUT2D eigenvalue weighted by atomic mass is 79.9. The number of nitrogens with two attached hydrogens (primary N) is 1. The van der Waals surface area contributed by atoms with Crippen molar-refractivity contribution in [2.24, 2.45) is 11.7 Å². The Bertz CT molecular complexity index is 1380. The molecule has 5 rings (SSSR count). The highest BCUT2D eigenvalue weighted by Gasteiger charge is 2.55. The quantitative estimate of drug-likeness (QED) is 0.476. The van der Waals surface area contributed by atoms with Gasteiger partial charge in [0, 0.05) is 28.5 Å². The summed E-state index contributed by atoms with van der Waals surface area (Å²) in [6, 6.07) is 10.6. The number of piperidine rings is 1. The molecule has 3 atom stereocenters. The van der Waals surface area contributed by atoms with Crippen LogP contribution in [0.5, 0.6) is 0 Å². The third kappa shape index (κ3) is 4.29. The van der Waals surface area contributed by atoms with Gasteiger partial charge in [0.1, 0.15) is 0 Å². The van der Waals surface area contributed by atoms with Crippen LogP contribution in [0.1, 0.15) is 28.8 Å². The van der Waals surface area contributed by atoms with Gasteiger partial charge in [-0.1, -0.05) is 34.1 Å². The van der Waals surface area contributed by atoms with E-state index >= 15 is 0 Å². The van der Waals surface area contributed by atoms with E-state index in [4.69, 9.17) is 10.5 Å². The van der Waals surface area contributed by atoms with E-state index in [1.54, 1.807) is 41.3 Å². The first-order valence-electron chi connectivity index (χ1n) is 11.2. The number of carbonyl (C=O) groups is 4. The van der Waals surface area contributed by atoms with Crippen molar-refractivity contribution in [1.29, 1.82) is 0 Å². The summed E-state index contributed by atoms with van der Waals surface area (Å²) in [6.45, 7) is 0. The Morgan fingerprint density at radius 3 is 2.66 bits per heavy atom. The van der Waals surface area contributed by atoms with Gasteiger partial charge in [0.15, 0.2) is 5.78 Å². The SMILES string of the molecule is COC(=O)c1cc(Br)cc(CC(=O)[C@@H]2C[C@H]3C[C@H]3N2C(=O)Nc2cn(C(N)=O)c3ccccc23)c1. The molecule has 35 heavy (non-hydrogen) atoms. The molecule has 0 spiro atoms. The number of likely N-dealkylation sites (tertiary alicyclic amines) is 1. The molecule has 1 aliphatic carbocycles. The standard InChI is InChI=1S/C25H23BrN4O5/c1-35-23(32)15-6-13(7-16(26)9-15)8-22(31)21-11-14-10-20(14)30(21)25(34)28-18-12-29(24(27)33)19-5-3-2-4-17(18)19/h2-7,9,12,14,20-21H,8,10-11H2,1H3,(H2,27,33)(H,28,34)/t14-,20-,21+/m1/s1. The number of benzene rings is 2. The molecule has 180 valence electrons. The summed E-state index contributed by atoms with van der Waals surface area (Å²) in [5.41, 5.74) is 7.53. The number of para-hydroxylation sites is 1. The molecule has 3 aromatic rings. The largest absolute Gasteiger partial charge is 0.465 e. The van der Waals surface area contributed by atoms with Gasteiger partial charge in [0.05, 0.1) is 29.9 Å². The van der Waals surface area contributed by atoms with Gasteiger partial charge < -0.3 is 20.7 Å². The van der Waals surface area contributed by atoms with Crippen molar-refractivity contribution < 1.29 is 23.9 Å². The summed E-state index contributed by atoms with van der Waals surface area (Å²) in [5, 5.41) is 3.57. The minimum atomic E-state index is -0.654. The van der Waals surface area contributed by atoms with E-state index in [0.29, 0.717) is 44.5 Å². The van der Waals surface area contributed by atoms with E-state index in [0.717, 1.165) is 6.42 Å². The van der Waals surface area contributed by atoms with Crippen LogP contribution in [0, 0.1) is 5.92 Å². The van der Waals surface area contributed by atoms with E-state index < -0.39 is 18.0 Å². The Morgan fingerprint density at radius 2 is 1.91 bits per heavy atom. The van der Waals surface area contributed by atoms with Gasteiger partial charge in [-0.2, -0.15) is 0 Å². The number of aromatic nitrogens is 1. The Hall–Kier alpha value is -3.66. The second-order valence-corrected chi connectivity index (χ2v) is 9.82. The number of rotatable bonds is 5. The number of nitrogens with zero attached hydrogens (tertiary/aromatic N) is 2. The van der Waals surface area contributed by atoms with Crippen LogP contribution in [0.2, 0.25) is 0 Å². The Labute approximate surface area is 209 Å². The normalized spacial score (nSPS) is 20.4. The topological polar surface area (TPSA) is 124 Å². The number of anilines is 1. The summed E-state index contributed by atoms with van der Waals surface area (Å²) in [7, 11) is 1.30. The monoisotopic (exact) mass is 538 g/mol. The number of ketones is 1. The van der Waals surface area contributed by atoms with Gasteiger partial charge in [-0.25, -0.2) is 14.4 Å². The third-order valence-electron chi connectivity index (χ3n) is 6.66. The molecule has 2 heterocycles. The molecule has 2 aromatic carbocycles. The Kier molecular flexibility index (Phi) is 5.84. The van der Waals surface area contributed by atoms with Gasteiger partial charge >= 0.3 is 18.0 Å². The molecule has 2 fully saturated rings. The number of hydrogen-bond acceptors (Lipinski definition) is 5. The summed E-state index contributed by atoms with van der Waals surface area (Å²) < 4.78 is 6.73. The molecule has 2 aliphatic rings. The first-order chi connectivity index (χ1) is 16.8. The van der Waals surface area contributed by atoms with Crippen LogP contribution in [0.4, 0.5) is 15.3 Å². The predicted molar refractivity (Wildman–Crippen MR) is 132 cm³/mol. The number of ether oxygens (including phenoxy) is 1. The van der Waals surface area contributed by atoms with E-state index in [-0.39, 0.29) is 24.3 Å². The van der Waals surface area contributed by atoms with E-state index in [1.807, 2.05) is 6.07 Å². The number of urea groups is 1.